The predicted molar refractivity (Wildman–Crippen MR) is 101 cm³/mol. The lowest BCUT2D eigenvalue weighted by Gasteiger charge is -2.26. The Morgan fingerprint density at radius 1 is 1.36 bits per heavy atom. The molecule has 0 fully saturated rings. The lowest BCUT2D eigenvalue weighted by atomic mass is 9.86. The molecule has 0 amide bonds. The number of carbonyl (C=O) groups is 1. The van der Waals surface area contributed by atoms with Gasteiger partial charge in [-0.2, -0.15) is 0 Å². The number of para-hydroxylation sites is 1. The maximum Gasteiger partial charge on any atom is 0.331 e. The van der Waals surface area contributed by atoms with E-state index in [2.05, 4.69) is 53.3 Å². The molecule has 1 aromatic heterocycles. The monoisotopic (exact) mass is 333 g/mol. The topological polar surface area (TPSA) is 31.2 Å². The summed E-state index contributed by atoms with van der Waals surface area (Å²) in [4.78, 5) is 12.0. The van der Waals surface area contributed by atoms with Gasteiger partial charge < -0.3 is 9.30 Å². The molecule has 25 heavy (non-hydrogen) atoms. The van der Waals surface area contributed by atoms with E-state index in [0.717, 1.165) is 31.4 Å². The zero-order valence-electron chi connectivity index (χ0n) is 14.6. The fourth-order valence-corrected chi connectivity index (χ4v) is 3.91. The van der Waals surface area contributed by atoms with Gasteiger partial charge in [-0.15, -0.1) is 0 Å². The zero-order chi connectivity index (χ0) is 17.2. The molecule has 0 saturated carbocycles. The minimum absolute atomic E-state index is 0.240. The van der Waals surface area contributed by atoms with Crippen LogP contribution in [0.25, 0.3) is 16.5 Å². The third kappa shape index (κ3) is 3.07. The first-order chi connectivity index (χ1) is 12.3. The van der Waals surface area contributed by atoms with Crippen LogP contribution in [0, 0.1) is 5.92 Å². The number of carbonyl (C=O) groups excluding carboxylic acids is 1. The fraction of sp³-hybridized carbons (Fsp3) is 0.318. The van der Waals surface area contributed by atoms with Crippen molar-refractivity contribution in [3.63, 3.8) is 0 Å². The average molecular weight is 333 g/mol. The van der Waals surface area contributed by atoms with Gasteiger partial charge in [0.15, 0.2) is 0 Å². The molecule has 0 N–H and O–H groups in total. The van der Waals surface area contributed by atoms with Crippen molar-refractivity contribution in [3.05, 3.63) is 65.9 Å². The highest BCUT2D eigenvalue weighted by molar-refractivity contribution is 5.95. The molecule has 2 aromatic rings. The van der Waals surface area contributed by atoms with Gasteiger partial charge in [0.25, 0.3) is 0 Å². The maximum atomic E-state index is 12.0. The molecule has 0 spiro atoms. The van der Waals surface area contributed by atoms with E-state index in [-0.39, 0.29) is 5.97 Å². The summed E-state index contributed by atoms with van der Waals surface area (Å²) in [6.45, 7) is 3.21. The summed E-state index contributed by atoms with van der Waals surface area (Å²) in [7, 11) is 0. The number of hydrogen-bond donors (Lipinski definition) is 0. The molecular weight excluding hydrogens is 310 g/mol. The van der Waals surface area contributed by atoms with Crippen molar-refractivity contribution in [2.45, 2.75) is 32.7 Å². The van der Waals surface area contributed by atoms with Gasteiger partial charge in [-0.1, -0.05) is 36.4 Å². The SMILES string of the molecule is CCOC(=O)/C=C1/C=C2/c3cccc4ccn(c34)CC2/C=C\CCC1. The summed E-state index contributed by atoms with van der Waals surface area (Å²) in [6, 6.07) is 8.67. The van der Waals surface area contributed by atoms with Crippen LogP contribution < -0.4 is 0 Å². The van der Waals surface area contributed by atoms with Crippen LogP contribution in [0.4, 0.5) is 0 Å². The second kappa shape index (κ2) is 6.75. The van der Waals surface area contributed by atoms with Crippen LogP contribution >= 0.6 is 0 Å². The quantitative estimate of drug-likeness (QED) is 0.445. The second-order valence-corrected chi connectivity index (χ2v) is 6.71. The van der Waals surface area contributed by atoms with E-state index < -0.39 is 0 Å². The van der Waals surface area contributed by atoms with E-state index in [4.69, 9.17) is 4.74 Å². The molecule has 1 atom stereocenters. The molecule has 128 valence electrons. The summed E-state index contributed by atoms with van der Waals surface area (Å²) in [5.41, 5.74) is 4.96. The lowest BCUT2D eigenvalue weighted by Crippen LogP contribution is -2.16. The Morgan fingerprint density at radius 3 is 3.16 bits per heavy atom. The zero-order valence-corrected chi connectivity index (χ0v) is 14.6. The number of ether oxygens (including phenoxy) is 1. The Kier molecular flexibility index (Phi) is 4.31. The first-order valence-corrected chi connectivity index (χ1v) is 9.10. The molecule has 0 radical (unpaired) electrons. The van der Waals surface area contributed by atoms with Crippen molar-refractivity contribution in [2.75, 3.05) is 6.61 Å². The van der Waals surface area contributed by atoms with Crippen LogP contribution in [0.3, 0.4) is 0 Å². The van der Waals surface area contributed by atoms with E-state index in [9.17, 15) is 4.79 Å². The predicted octanol–water partition coefficient (Wildman–Crippen LogP) is 4.88. The minimum Gasteiger partial charge on any atom is -0.463 e. The summed E-state index contributed by atoms with van der Waals surface area (Å²) in [5.74, 6) is 0.102. The molecule has 1 aliphatic carbocycles. The molecule has 4 rings (SSSR count). The van der Waals surface area contributed by atoms with Gasteiger partial charge in [0.05, 0.1) is 12.1 Å². The number of aromatic nitrogens is 1. The molecule has 3 nitrogen and oxygen atoms in total. The summed E-state index contributed by atoms with van der Waals surface area (Å²) >= 11 is 0. The van der Waals surface area contributed by atoms with Crippen molar-refractivity contribution in [3.8, 4) is 0 Å². The Morgan fingerprint density at radius 2 is 2.28 bits per heavy atom. The Bertz CT molecular complexity index is 898. The highest BCUT2D eigenvalue weighted by Gasteiger charge is 2.24. The van der Waals surface area contributed by atoms with Gasteiger partial charge in [-0.3, -0.25) is 0 Å². The number of allylic oxidation sites excluding steroid dienone is 5. The van der Waals surface area contributed by atoms with Crippen molar-refractivity contribution in [1.82, 2.24) is 4.57 Å². The minimum atomic E-state index is -0.240. The largest absolute Gasteiger partial charge is 0.463 e. The molecule has 3 heteroatoms. The van der Waals surface area contributed by atoms with Crippen LogP contribution in [0.5, 0.6) is 0 Å². The standard InChI is InChI=1S/C22H23NO2/c1-2-25-21(24)14-16-7-4-3-5-8-18-15-23-12-11-17-9-6-10-19(22(17)23)20(18)13-16/h5-6,8-14,18H,2-4,7,15H2,1H3/b8-5-,16-14+,20-13+. The summed E-state index contributed by atoms with van der Waals surface area (Å²) < 4.78 is 7.47. The van der Waals surface area contributed by atoms with E-state index in [1.807, 2.05) is 6.92 Å². The molecule has 1 unspecified atom stereocenters. The second-order valence-electron chi connectivity index (χ2n) is 6.71. The molecule has 2 heterocycles. The van der Waals surface area contributed by atoms with E-state index in [1.165, 1.54) is 22.0 Å². The Balaban J connectivity index is 1.85. The summed E-state index contributed by atoms with van der Waals surface area (Å²) in [5, 5.41) is 1.27. The van der Waals surface area contributed by atoms with Gasteiger partial charge >= 0.3 is 5.97 Å². The summed E-state index contributed by atoms with van der Waals surface area (Å²) in [6.07, 6.45) is 13.7. The molecule has 0 saturated heterocycles. The van der Waals surface area contributed by atoms with Crippen molar-refractivity contribution in [2.24, 2.45) is 5.92 Å². The molecule has 2 aliphatic rings. The highest BCUT2D eigenvalue weighted by atomic mass is 16.5. The molecular formula is C22H23NO2. The van der Waals surface area contributed by atoms with Crippen molar-refractivity contribution < 1.29 is 9.53 Å². The number of hydrogen-bond acceptors (Lipinski definition) is 2. The smallest absolute Gasteiger partial charge is 0.331 e. The Labute approximate surface area is 148 Å². The molecule has 1 aromatic carbocycles. The Hall–Kier alpha value is -2.55. The number of esters is 1. The number of fused-ring (bicyclic) bond motifs is 2. The lowest BCUT2D eigenvalue weighted by molar-refractivity contribution is -0.137. The molecule has 0 bridgehead atoms. The molecule has 1 aliphatic heterocycles. The van der Waals surface area contributed by atoms with Crippen LogP contribution in [-0.4, -0.2) is 17.1 Å². The van der Waals surface area contributed by atoms with Gasteiger partial charge in [-0.25, -0.2) is 4.79 Å². The third-order valence-electron chi connectivity index (χ3n) is 5.03. The van der Waals surface area contributed by atoms with Crippen LogP contribution in [-0.2, 0) is 16.1 Å². The fourth-order valence-electron chi connectivity index (χ4n) is 3.91. The van der Waals surface area contributed by atoms with Gasteiger partial charge in [0.2, 0.25) is 0 Å². The highest BCUT2D eigenvalue weighted by Crippen LogP contribution is 2.39. The van der Waals surface area contributed by atoms with Crippen LogP contribution in [0.2, 0.25) is 0 Å². The van der Waals surface area contributed by atoms with Crippen LogP contribution in [0.1, 0.15) is 31.7 Å². The number of nitrogens with zero attached hydrogens (tertiary/aromatic N) is 1. The maximum absolute atomic E-state index is 12.0. The van der Waals surface area contributed by atoms with Crippen molar-refractivity contribution in [1.29, 1.82) is 0 Å². The number of benzene rings is 1. The first-order valence-electron chi connectivity index (χ1n) is 9.10. The van der Waals surface area contributed by atoms with Gasteiger partial charge in [-0.05, 0) is 43.4 Å². The van der Waals surface area contributed by atoms with E-state index >= 15 is 0 Å². The normalized spacial score (nSPS) is 24.6. The van der Waals surface area contributed by atoms with E-state index in [0.29, 0.717) is 12.5 Å². The van der Waals surface area contributed by atoms with Crippen molar-refractivity contribution >= 4 is 22.4 Å². The first kappa shape index (κ1) is 15.9. The van der Waals surface area contributed by atoms with Gasteiger partial charge in [0.1, 0.15) is 0 Å². The average Bonchev–Trinajstić information content (AvgIpc) is 3.04. The van der Waals surface area contributed by atoms with E-state index in [1.54, 1.807) is 6.08 Å². The third-order valence-corrected chi connectivity index (χ3v) is 5.03. The van der Waals surface area contributed by atoms with Crippen LogP contribution in [0.15, 0.2) is 60.3 Å². The number of rotatable bonds is 2. The van der Waals surface area contributed by atoms with Gasteiger partial charge in [0, 0.05) is 35.7 Å².